The van der Waals surface area contributed by atoms with Crippen LogP contribution in [0.4, 0.5) is 4.39 Å². The fraction of sp³-hybridized carbons (Fsp3) is 0.0714. The largest absolute Gasteiger partial charge is 0.497 e. The molecule has 0 bridgehead atoms. The van der Waals surface area contributed by atoms with Crippen molar-refractivity contribution >= 4 is 12.2 Å². The molecule has 2 aromatic rings. The molecule has 17 heavy (non-hydrogen) atoms. The molecule has 0 aliphatic rings. The average molecular weight is 228 g/mol. The second-order valence-electron chi connectivity index (χ2n) is 3.52. The highest BCUT2D eigenvalue weighted by Gasteiger charge is 1.93. The van der Waals surface area contributed by atoms with Gasteiger partial charge in [-0.25, -0.2) is 4.98 Å². The minimum atomic E-state index is -0.470. The molecule has 1 aromatic carbocycles. The van der Waals surface area contributed by atoms with E-state index in [9.17, 15) is 4.39 Å². The Labute approximate surface area is 99.4 Å². The van der Waals surface area contributed by atoms with Gasteiger partial charge < -0.3 is 4.74 Å². The van der Waals surface area contributed by atoms with Crippen LogP contribution in [0.5, 0.6) is 5.75 Å². The third-order valence-electron chi connectivity index (χ3n) is 2.33. The van der Waals surface area contributed by atoms with Crippen LogP contribution in [0, 0.1) is 5.95 Å². The third kappa shape index (κ3) is 3.14. The number of rotatable bonds is 3. The second-order valence-corrected chi connectivity index (χ2v) is 3.52. The number of ether oxygens (including phenoxy) is 1. The van der Waals surface area contributed by atoms with Gasteiger partial charge in [0.15, 0.2) is 0 Å². The highest BCUT2D eigenvalue weighted by molar-refractivity contribution is 5.69. The van der Waals surface area contributed by atoms with E-state index in [-0.39, 0.29) is 0 Å². The Hall–Kier alpha value is -2.16. The van der Waals surface area contributed by atoms with Gasteiger partial charge in [-0.2, -0.15) is 4.39 Å². The van der Waals surface area contributed by atoms with Gasteiger partial charge in [0.05, 0.1) is 7.11 Å². The first kappa shape index (κ1) is 11.3. The van der Waals surface area contributed by atoms with Gasteiger partial charge in [0.25, 0.3) is 0 Å². The highest BCUT2D eigenvalue weighted by atomic mass is 18.2. The van der Waals surface area contributed by atoms with Crippen molar-refractivity contribution in [3.05, 3.63) is 59.7 Å². The Morgan fingerprint density at radius 3 is 2.41 bits per heavy atom. The Balaban J connectivity index is 2.14. The molecule has 2 rings (SSSR count). The number of hydrogen-bond donors (Lipinski definition) is 0. The van der Waals surface area contributed by atoms with Crippen molar-refractivity contribution in [2.75, 3.05) is 7.11 Å². The number of hydrogen-bond acceptors (Lipinski definition) is 2. The molecule has 0 N–H and O–H groups in total. The zero-order chi connectivity index (χ0) is 12.1. The molecular weight excluding hydrogens is 216 g/mol. The second kappa shape index (κ2) is 5.25. The van der Waals surface area contributed by atoms with Crippen LogP contribution >= 0.6 is 0 Å². The molecule has 0 aliphatic heterocycles. The van der Waals surface area contributed by atoms with Crippen LogP contribution in [-0.2, 0) is 0 Å². The van der Waals surface area contributed by atoms with Gasteiger partial charge in [0, 0.05) is 12.3 Å². The van der Waals surface area contributed by atoms with Crippen molar-refractivity contribution in [1.29, 1.82) is 0 Å². The normalized spacial score (nSPS) is 10.7. The Kier molecular flexibility index (Phi) is 3.50. The van der Waals surface area contributed by atoms with Crippen LogP contribution in [0.15, 0.2) is 42.6 Å². The smallest absolute Gasteiger partial charge is 0.213 e. The molecule has 1 aromatic heterocycles. The molecular formula is C14H12FNO. The van der Waals surface area contributed by atoms with Crippen LogP contribution in [-0.4, -0.2) is 12.1 Å². The molecule has 3 heteroatoms. The third-order valence-corrected chi connectivity index (χ3v) is 2.33. The molecule has 0 aliphatic carbocycles. The minimum Gasteiger partial charge on any atom is -0.497 e. The molecule has 86 valence electrons. The summed E-state index contributed by atoms with van der Waals surface area (Å²) in [5.41, 5.74) is 1.82. The van der Waals surface area contributed by atoms with Crippen LogP contribution in [0.2, 0.25) is 0 Å². The van der Waals surface area contributed by atoms with E-state index in [1.165, 1.54) is 12.3 Å². The fourth-order valence-electron chi connectivity index (χ4n) is 1.43. The van der Waals surface area contributed by atoms with Gasteiger partial charge in [-0.15, -0.1) is 0 Å². The Morgan fingerprint density at radius 1 is 1.06 bits per heavy atom. The number of halogens is 1. The summed E-state index contributed by atoms with van der Waals surface area (Å²) in [6, 6.07) is 10.8. The zero-order valence-electron chi connectivity index (χ0n) is 9.43. The topological polar surface area (TPSA) is 22.1 Å². The lowest BCUT2D eigenvalue weighted by molar-refractivity contribution is 0.415. The number of aromatic nitrogens is 1. The standard InChI is InChI=1S/C14H12FNO/c1-17-13-6-4-11(5-7-13)2-3-12-8-9-16-14(15)10-12/h2-10H,1H3/b3-2+/i15-1. The van der Waals surface area contributed by atoms with Crippen molar-refractivity contribution in [2.45, 2.75) is 0 Å². The monoisotopic (exact) mass is 228 g/mol. The Bertz CT molecular complexity index is 520. The molecule has 1 heterocycles. The van der Waals surface area contributed by atoms with Gasteiger partial charge in [0.1, 0.15) is 5.75 Å². The van der Waals surface area contributed by atoms with Crippen molar-refractivity contribution in [2.24, 2.45) is 0 Å². The average Bonchev–Trinajstić information content (AvgIpc) is 2.37. The minimum absolute atomic E-state index is 0.470. The van der Waals surface area contributed by atoms with Crippen LogP contribution in [0.25, 0.3) is 12.2 Å². The molecule has 0 radical (unpaired) electrons. The molecule has 0 unspecified atom stereocenters. The first-order chi connectivity index (χ1) is 8.28. The van der Waals surface area contributed by atoms with Crippen molar-refractivity contribution in [3.8, 4) is 5.75 Å². The predicted molar refractivity (Wildman–Crippen MR) is 66.1 cm³/mol. The van der Waals surface area contributed by atoms with E-state index in [1.807, 2.05) is 36.4 Å². The highest BCUT2D eigenvalue weighted by Crippen LogP contribution is 2.13. The molecule has 2 nitrogen and oxygen atoms in total. The van der Waals surface area contributed by atoms with E-state index >= 15 is 0 Å². The summed E-state index contributed by atoms with van der Waals surface area (Å²) >= 11 is 0. The first-order valence-corrected chi connectivity index (χ1v) is 5.21. The van der Waals surface area contributed by atoms with Crippen molar-refractivity contribution in [1.82, 2.24) is 4.98 Å². The summed E-state index contributed by atoms with van der Waals surface area (Å²) in [7, 11) is 1.63. The van der Waals surface area contributed by atoms with E-state index in [2.05, 4.69) is 4.98 Å². The maximum absolute atomic E-state index is 12.8. The van der Waals surface area contributed by atoms with Gasteiger partial charge in [0.2, 0.25) is 5.95 Å². The van der Waals surface area contributed by atoms with E-state index in [0.717, 1.165) is 16.9 Å². The van der Waals surface area contributed by atoms with E-state index in [0.29, 0.717) is 0 Å². The number of nitrogens with zero attached hydrogens (tertiary/aromatic N) is 1. The van der Waals surface area contributed by atoms with Crippen LogP contribution in [0.3, 0.4) is 0 Å². The first-order valence-electron chi connectivity index (χ1n) is 5.21. The molecule has 0 saturated heterocycles. The molecule has 0 fully saturated rings. The lowest BCUT2D eigenvalue weighted by Crippen LogP contribution is -1.82. The Morgan fingerprint density at radius 2 is 1.76 bits per heavy atom. The van der Waals surface area contributed by atoms with E-state index < -0.39 is 5.95 Å². The van der Waals surface area contributed by atoms with Gasteiger partial charge in [-0.1, -0.05) is 24.3 Å². The summed E-state index contributed by atoms with van der Waals surface area (Å²) in [6.45, 7) is 0. The van der Waals surface area contributed by atoms with E-state index in [1.54, 1.807) is 13.2 Å². The SMILES string of the molecule is COc1ccc(/C=C/c2ccnc([18F])c2)cc1. The summed E-state index contributed by atoms with van der Waals surface area (Å²) in [6.07, 6.45) is 5.20. The van der Waals surface area contributed by atoms with Crippen LogP contribution < -0.4 is 4.74 Å². The van der Waals surface area contributed by atoms with Crippen molar-refractivity contribution < 1.29 is 9.13 Å². The number of pyridine rings is 1. The summed E-state index contributed by atoms with van der Waals surface area (Å²) < 4.78 is 17.9. The number of benzene rings is 1. The lowest BCUT2D eigenvalue weighted by Gasteiger charge is -1.99. The summed E-state index contributed by atoms with van der Waals surface area (Å²) in [5.74, 6) is 0.346. The quantitative estimate of drug-likeness (QED) is 0.751. The maximum Gasteiger partial charge on any atom is 0.213 e. The molecule has 0 amide bonds. The lowest BCUT2D eigenvalue weighted by atomic mass is 10.1. The van der Waals surface area contributed by atoms with Crippen molar-refractivity contribution in [3.63, 3.8) is 0 Å². The number of methoxy groups -OCH3 is 1. The summed E-state index contributed by atoms with van der Waals surface area (Å²) in [4.78, 5) is 3.50. The molecule has 0 saturated carbocycles. The maximum atomic E-state index is 12.8. The van der Waals surface area contributed by atoms with E-state index in [4.69, 9.17) is 4.74 Å². The fourth-order valence-corrected chi connectivity index (χ4v) is 1.43. The summed E-state index contributed by atoms with van der Waals surface area (Å²) in [5, 5.41) is 0. The molecule has 0 spiro atoms. The van der Waals surface area contributed by atoms with Crippen LogP contribution in [0.1, 0.15) is 11.1 Å². The van der Waals surface area contributed by atoms with Gasteiger partial charge in [-0.05, 0) is 29.3 Å². The molecule has 0 atom stereocenters. The van der Waals surface area contributed by atoms with Gasteiger partial charge in [-0.3, -0.25) is 0 Å². The van der Waals surface area contributed by atoms with Gasteiger partial charge >= 0.3 is 0 Å². The zero-order valence-corrected chi connectivity index (χ0v) is 9.43. The predicted octanol–water partition coefficient (Wildman–Crippen LogP) is 3.40.